The molecule has 1 aromatic carbocycles. The van der Waals surface area contributed by atoms with E-state index in [0.29, 0.717) is 5.56 Å². The molecular weight excluding hydrogens is 260 g/mol. The largest absolute Gasteiger partial charge is 0.460 e. The molecule has 0 amide bonds. The maximum Gasteiger partial charge on any atom is 0.338 e. The van der Waals surface area contributed by atoms with Crippen molar-refractivity contribution in [1.82, 2.24) is 0 Å². The van der Waals surface area contributed by atoms with Crippen molar-refractivity contribution < 1.29 is 23.8 Å². The summed E-state index contributed by atoms with van der Waals surface area (Å²) < 4.78 is 15.5. The fraction of sp³-hybridized carbons (Fsp3) is 0.467. The first-order chi connectivity index (χ1) is 9.49. The highest BCUT2D eigenvalue weighted by molar-refractivity contribution is 5.89. The smallest absolute Gasteiger partial charge is 0.338 e. The van der Waals surface area contributed by atoms with E-state index in [1.54, 1.807) is 38.1 Å². The van der Waals surface area contributed by atoms with Crippen LogP contribution in [0.4, 0.5) is 0 Å². The molecule has 0 bridgehead atoms. The zero-order valence-corrected chi connectivity index (χ0v) is 12.0. The van der Waals surface area contributed by atoms with Gasteiger partial charge in [-0.1, -0.05) is 18.2 Å². The molecule has 0 heterocycles. The SMILES string of the molecule is CC(=O)OC(C)COC(C)COC(=O)c1ccccc1. The number of carbonyl (C=O) groups excluding carboxylic acids is 2. The monoisotopic (exact) mass is 280 g/mol. The van der Waals surface area contributed by atoms with E-state index in [1.165, 1.54) is 6.92 Å². The van der Waals surface area contributed by atoms with Gasteiger partial charge in [0.1, 0.15) is 12.7 Å². The lowest BCUT2D eigenvalue weighted by Crippen LogP contribution is -2.25. The van der Waals surface area contributed by atoms with Gasteiger partial charge in [-0.2, -0.15) is 0 Å². The fourth-order valence-corrected chi connectivity index (χ4v) is 1.52. The van der Waals surface area contributed by atoms with Gasteiger partial charge in [0, 0.05) is 6.92 Å². The topological polar surface area (TPSA) is 61.8 Å². The molecule has 0 aromatic heterocycles. The summed E-state index contributed by atoms with van der Waals surface area (Å²) in [6.07, 6.45) is -0.583. The van der Waals surface area contributed by atoms with Gasteiger partial charge in [0.05, 0.1) is 18.3 Å². The quantitative estimate of drug-likeness (QED) is 0.716. The van der Waals surface area contributed by atoms with Crippen LogP contribution in [0.2, 0.25) is 0 Å². The Morgan fingerprint density at radius 1 is 1.05 bits per heavy atom. The molecule has 5 nitrogen and oxygen atoms in total. The molecule has 0 spiro atoms. The lowest BCUT2D eigenvalue weighted by Gasteiger charge is -2.17. The summed E-state index contributed by atoms with van der Waals surface area (Å²) in [7, 11) is 0. The molecule has 1 rings (SSSR count). The summed E-state index contributed by atoms with van der Waals surface area (Å²) in [6.45, 7) is 5.30. The Morgan fingerprint density at radius 3 is 2.30 bits per heavy atom. The van der Waals surface area contributed by atoms with Crippen LogP contribution in [0.15, 0.2) is 30.3 Å². The average Bonchev–Trinajstić information content (AvgIpc) is 2.42. The normalized spacial score (nSPS) is 13.3. The van der Waals surface area contributed by atoms with Crippen molar-refractivity contribution in [2.45, 2.75) is 33.0 Å². The number of carbonyl (C=O) groups is 2. The molecular formula is C15H20O5. The third-order valence-corrected chi connectivity index (χ3v) is 2.44. The highest BCUT2D eigenvalue weighted by Crippen LogP contribution is 2.03. The number of hydrogen-bond donors (Lipinski definition) is 0. The Morgan fingerprint density at radius 2 is 1.70 bits per heavy atom. The van der Waals surface area contributed by atoms with Crippen LogP contribution >= 0.6 is 0 Å². The Balaban J connectivity index is 2.24. The second kappa shape index (κ2) is 8.32. The maximum absolute atomic E-state index is 11.7. The van der Waals surface area contributed by atoms with Crippen LogP contribution in [0, 0.1) is 0 Å². The van der Waals surface area contributed by atoms with Crippen molar-refractivity contribution in [3.05, 3.63) is 35.9 Å². The van der Waals surface area contributed by atoms with Crippen LogP contribution in [0.25, 0.3) is 0 Å². The van der Waals surface area contributed by atoms with Gasteiger partial charge < -0.3 is 14.2 Å². The standard InChI is InChI=1S/C15H20O5/c1-11(18-10-12(2)20-13(3)16)9-19-15(17)14-7-5-4-6-8-14/h4-8,11-12H,9-10H2,1-3H3. The summed E-state index contributed by atoms with van der Waals surface area (Å²) in [5.74, 6) is -0.724. The van der Waals surface area contributed by atoms with E-state index < -0.39 is 0 Å². The van der Waals surface area contributed by atoms with E-state index in [9.17, 15) is 9.59 Å². The first kappa shape index (κ1) is 16.2. The van der Waals surface area contributed by atoms with Gasteiger partial charge in [0.15, 0.2) is 0 Å². The number of rotatable bonds is 7. The van der Waals surface area contributed by atoms with Gasteiger partial charge in [-0.25, -0.2) is 4.79 Å². The molecule has 2 atom stereocenters. The van der Waals surface area contributed by atoms with E-state index in [-0.39, 0.29) is 37.4 Å². The minimum absolute atomic E-state index is 0.153. The molecule has 0 saturated heterocycles. The zero-order valence-electron chi connectivity index (χ0n) is 12.0. The summed E-state index contributed by atoms with van der Waals surface area (Å²) in [6, 6.07) is 8.76. The van der Waals surface area contributed by atoms with E-state index in [4.69, 9.17) is 14.2 Å². The number of esters is 2. The van der Waals surface area contributed by atoms with E-state index in [2.05, 4.69) is 0 Å². The number of hydrogen-bond acceptors (Lipinski definition) is 5. The van der Waals surface area contributed by atoms with Crippen molar-refractivity contribution in [3.8, 4) is 0 Å². The molecule has 0 fully saturated rings. The molecule has 0 aliphatic heterocycles. The molecule has 0 saturated carbocycles. The maximum atomic E-state index is 11.7. The van der Waals surface area contributed by atoms with Crippen molar-refractivity contribution in [2.24, 2.45) is 0 Å². The van der Waals surface area contributed by atoms with Crippen molar-refractivity contribution in [3.63, 3.8) is 0 Å². The fourth-order valence-electron chi connectivity index (χ4n) is 1.52. The van der Waals surface area contributed by atoms with Crippen LogP contribution in [0.5, 0.6) is 0 Å². The van der Waals surface area contributed by atoms with E-state index in [0.717, 1.165) is 0 Å². The van der Waals surface area contributed by atoms with Crippen LogP contribution in [-0.2, 0) is 19.0 Å². The molecule has 5 heteroatoms. The van der Waals surface area contributed by atoms with Gasteiger partial charge >= 0.3 is 11.9 Å². The Labute approximate surface area is 118 Å². The molecule has 1 aromatic rings. The second-order valence-electron chi connectivity index (χ2n) is 4.53. The minimum atomic E-state index is -0.380. The van der Waals surface area contributed by atoms with Crippen LogP contribution in [-0.4, -0.2) is 37.4 Å². The highest BCUT2D eigenvalue weighted by Gasteiger charge is 2.12. The predicted molar refractivity (Wildman–Crippen MR) is 73.4 cm³/mol. The molecule has 2 unspecified atom stereocenters. The van der Waals surface area contributed by atoms with Gasteiger partial charge in [-0.15, -0.1) is 0 Å². The second-order valence-corrected chi connectivity index (χ2v) is 4.53. The Hall–Kier alpha value is -1.88. The van der Waals surface area contributed by atoms with Gasteiger partial charge in [-0.3, -0.25) is 4.79 Å². The Kier molecular flexibility index (Phi) is 6.73. The van der Waals surface area contributed by atoms with Gasteiger partial charge in [0.2, 0.25) is 0 Å². The number of ether oxygens (including phenoxy) is 3. The van der Waals surface area contributed by atoms with Crippen LogP contribution < -0.4 is 0 Å². The van der Waals surface area contributed by atoms with Crippen molar-refractivity contribution in [2.75, 3.05) is 13.2 Å². The molecule has 0 N–H and O–H groups in total. The van der Waals surface area contributed by atoms with Crippen molar-refractivity contribution in [1.29, 1.82) is 0 Å². The molecule has 20 heavy (non-hydrogen) atoms. The summed E-state index contributed by atoms with van der Waals surface area (Å²) in [5.41, 5.74) is 0.507. The average molecular weight is 280 g/mol. The first-order valence-electron chi connectivity index (χ1n) is 6.50. The molecule has 0 radical (unpaired) electrons. The van der Waals surface area contributed by atoms with Crippen LogP contribution in [0.1, 0.15) is 31.1 Å². The Bertz CT molecular complexity index is 429. The summed E-state index contributed by atoms with van der Waals surface area (Å²) in [4.78, 5) is 22.4. The lowest BCUT2D eigenvalue weighted by atomic mass is 10.2. The van der Waals surface area contributed by atoms with Crippen LogP contribution in [0.3, 0.4) is 0 Å². The molecule has 110 valence electrons. The third-order valence-electron chi connectivity index (χ3n) is 2.44. The van der Waals surface area contributed by atoms with Crippen molar-refractivity contribution >= 4 is 11.9 Å². The zero-order chi connectivity index (χ0) is 15.0. The minimum Gasteiger partial charge on any atom is -0.460 e. The lowest BCUT2D eigenvalue weighted by molar-refractivity contribution is -0.149. The first-order valence-corrected chi connectivity index (χ1v) is 6.50. The van der Waals surface area contributed by atoms with E-state index >= 15 is 0 Å². The van der Waals surface area contributed by atoms with Gasteiger partial charge in [-0.05, 0) is 26.0 Å². The summed E-state index contributed by atoms with van der Waals surface area (Å²) in [5, 5.41) is 0. The van der Waals surface area contributed by atoms with E-state index in [1.807, 2.05) is 6.07 Å². The number of benzene rings is 1. The molecule has 0 aliphatic rings. The third kappa shape index (κ3) is 6.33. The summed E-state index contributed by atoms with van der Waals surface area (Å²) >= 11 is 0. The highest BCUT2D eigenvalue weighted by atomic mass is 16.6. The van der Waals surface area contributed by atoms with Gasteiger partial charge in [0.25, 0.3) is 0 Å². The molecule has 0 aliphatic carbocycles. The predicted octanol–water partition coefficient (Wildman–Crippen LogP) is 2.20.